The monoisotopic (exact) mass is 211 g/mol. The van der Waals surface area contributed by atoms with Crippen LogP contribution < -0.4 is 5.32 Å². The van der Waals surface area contributed by atoms with Gasteiger partial charge >= 0.3 is 6.03 Å². The topological polar surface area (TPSA) is 35.6 Å². The molecule has 2 aliphatic heterocycles. The largest absolute Gasteiger partial charge is 0.320 e. The average molecular weight is 211 g/mol. The van der Waals surface area contributed by atoms with Crippen molar-refractivity contribution in [3.05, 3.63) is 0 Å². The van der Waals surface area contributed by atoms with Gasteiger partial charge in [0, 0.05) is 19.6 Å². The SMILES string of the molecule is CC(C)N1CC2(CCNCC2)N(C)C1=O. The molecule has 0 saturated carbocycles. The van der Waals surface area contributed by atoms with Crippen molar-refractivity contribution in [1.82, 2.24) is 15.1 Å². The molecule has 86 valence electrons. The van der Waals surface area contributed by atoms with Crippen molar-refractivity contribution < 1.29 is 4.79 Å². The smallest absolute Gasteiger partial charge is 0.320 e. The molecule has 2 amide bonds. The number of urea groups is 1. The number of hydrogen-bond donors (Lipinski definition) is 1. The van der Waals surface area contributed by atoms with E-state index in [1.165, 1.54) is 0 Å². The van der Waals surface area contributed by atoms with Gasteiger partial charge in [0.25, 0.3) is 0 Å². The van der Waals surface area contributed by atoms with E-state index in [0.29, 0.717) is 6.04 Å². The fourth-order valence-corrected chi connectivity index (χ4v) is 2.68. The molecule has 0 aliphatic carbocycles. The van der Waals surface area contributed by atoms with E-state index in [4.69, 9.17) is 0 Å². The maximum atomic E-state index is 12.1. The number of nitrogens with one attached hydrogen (secondary N) is 1. The van der Waals surface area contributed by atoms with Crippen molar-refractivity contribution in [1.29, 1.82) is 0 Å². The van der Waals surface area contributed by atoms with Gasteiger partial charge in [-0.1, -0.05) is 0 Å². The van der Waals surface area contributed by atoms with Gasteiger partial charge in [-0.05, 0) is 39.8 Å². The van der Waals surface area contributed by atoms with E-state index in [2.05, 4.69) is 19.2 Å². The predicted octanol–water partition coefficient (Wildman–Crippen LogP) is 0.884. The van der Waals surface area contributed by atoms with Crippen molar-refractivity contribution in [3.8, 4) is 0 Å². The standard InChI is InChI=1S/C11H21N3O/c1-9(2)14-8-11(13(3)10(14)15)4-6-12-7-5-11/h9,12H,4-8H2,1-3H3. The summed E-state index contributed by atoms with van der Waals surface area (Å²) in [6.45, 7) is 7.15. The Kier molecular flexibility index (Phi) is 2.63. The van der Waals surface area contributed by atoms with Crippen LogP contribution in [0.3, 0.4) is 0 Å². The van der Waals surface area contributed by atoms with E-state index in [1.807, 2.05) is 16.8 Å². The van der Waals surface area contributed by atoms with Crippen LogP contribution in [0.2, 0.25) is 0 Å². The number of amides is 2. The number of carbonyl (C=O) groups excluding carboxylic acids is 1. The van der Waals surface area contributed by atoms with E-state index >= 15 is 0 Å². The van der Waals surface area contributed by atoms with Gasteiger partial charge in [-0.3, -0.25) is 0 Å². The zero-order chi connectivity index (χ0) is 11.1. The van der Waals surface area contributed by atoms with Gasteiger partial charge in [-0.25, -0.2) is 4.79 Å². The van der Waals surface area contributed by atoms with Crippen molar-refractivity contribution in [2.24, 2.45) is 0 Å². The number of carbonyl (C=O) groups is 1. The Labute approximate surface area is 91.6 Å². The third kappa shape index (κ3) is 1.61. The van der Waals surface area contributed by atoms with Crippen LogP contribution in [0.4, 0.5) is 4.79 Å². The highest BCUT2D eigenvalue weighted by atomic mass is 16.2. The normalized spacial score (nSPS) is 25.7. The van der Waals surface area contributed by atoms with E-state index in [1.54, 1.807) is 0 Å². The number of likely N-dealkylation sites (N-methyl/N-ethyl adjacent to an activating group) is 1. The van der Waals surface area contributed by atoms with Gasteiger partial charge in [0.15, 0.2) is 0 Å². The number of rotatable bonds is 1. The fraction of sp³-hybridized carbons (Fsp3) is 0.909. The van der Waals surface area contributed by atoms with E-state index in [-0.39, 0.29) is 11.6 Å². The quantitative estimate of drug-likeness (QED) is 0.699. The van der Waals surface area contributed by atoms with Gasteiger partial charge in [-0.15, -0.1) is 0 Å². The van der Waals surface area contributed by atoms with Crippen LogP contribution in [0.15, 0.2) is 0 Å². The van der Waals surface area contributed by atoms with Gasteiger partial charge in [0.05, 0.1) is 5.54 Å². The molecule has 0 aromatic carbocycles. The molecule has 2 rings (SSSR count). The highest BCUT2D eigenvalue weighted by molar-refractivity contribution is 5.78. The van der Waals surface area contributed by atoms with Crippen LogP contribution in [0.25, 0.3) is 0 Å². The molecule has 1 N–H and O–H groups in total. The zero-order valence-corrected chi connectivity index (χ0v) is 9.92. The molecular formula is C11H21N3O. The summed E-state index contributed by atoms with van der Waals surface area (Å²) in [4.78, 5) is 16.0. The van der Waals surface area contributed by atoms with Gasteiger partial charge < -0.3 is 15.1 Å². The van der Waals surface area contributed by atoms with Crippen molar-refractivity contribution >= 4 is 6.03 Å². The second-order valence-electron chi connectivity index (χ2n) is 5.04. The molecular weight excluding hydrogens is 190 g/mol. The molecule has 0 bridgehead atoms. The van der Waals surface area contributed by atoms with E-state index in [9.17, 15) is 4.79 Å². The van der Waals surface area contributed by atoms with Crippen LogP contribution in [-0.4, -0.2) is 54.1 Å². The molecule has 0 aromatic heterocycles. The number of nitrogens with zero attached hydrogens (tertiary/aromatic N) is 2. The zero-order valence-electron chi connectivity index (χ0n) is 9.92. The first-order valence-electron chi connectivity index (χ1n) is 5.82. The lowest BCUT2D eigenvalue weighted by Gasteiger charge is -2.38. The molecule has 0 aromatic rings. The van der Waals surface area contributed by atoms with Crippen LogP contribution in [0.5, 0.6) is 0 Å². The van der Waals surface area contributed by atoms with Gasteiger partial charge in [0.2, 0.25) is 0 Å². The molecule has 2 saturated heterocycles. The molecule has 0 unspecified atom stereocenters. The predicted molar refractivity (Wildman–Crippen MR) is 59.8 cm³/mol. The first-order valence-corrected chi connectivity index (χ1v) is 5.82. The summed E-state index contributed by atoms with van der Waals surface area (Å²) in [5, 5.41) is 3.36. The third-order valence-electron chi connectivity index (χ3n) is 3.87. The Morgan fingerprint density at radius 3 is 2.40 bits per heavy atom. The van der Waals surface area contributed by atoms with Gasteiger partial charge in [-0.2, -0.15) is 0 Å². The lowest BCUT2D eigenvalue weighted by Crippen LogP contribution is -2.51. The molecule has 1 spiro atoms. The van der Waals surface area contributed by atoms with E-state index < -0.39 is 0 Å². The molecule has 4 nitrogen and oxygen atoms in total. The Bertz CT molecular complexity index is 259. The summed E-state index contributed by atoms with van der Waals surface area (Å²) >= 11 is 0. The molecule has 2 heterocycles. The van der Waals surface area contributed by atoms with Crippen LogP contribution in [0, 0.1) is 0 Å². The summed E-state index contributed by atoms with van der Waals surface area (Å²) in [7, 11) is 1.95. The minimum Gasteiger partial charge on any atom is -0.320 e. The highest BCUT2D eigenvalue weighted by Gasteiger charge is 2.48. The molecule has 4 heteroatoms. The first-order chi connectivity index (χ1) is 7.07. The maximum Gasteiger partial charge on any atom is 0.320 e. The Morgan fingerprint density at radius 1 is 1.33 bits per heavy atom. The lowest BCUT2D eigenvalue weighted by atomic mass is 9.88. The number of hydrogen-bond acceptors (Lipinski definition) is 2. The Balaban J connectivity index is 2.18. The summed E-state index contributed by atoms with van der Waals surface area (Å²) in [5.41, 5.74) is 0.104. The van der Waals surface area contributed by atoms with E-state index in [0.717, 1.165) is 32.5 Å². The van der Waals surface area contributed by atoms with Crippen molar-refractivity contribution in [2.45, 2.75) is 38.3 Å². The van der Waals surface area contributed by atoms with Crippen LogP contribution >= 0.6 is 0 Å². The summed E-state index contributed by atoms with van der Waals surface area (Å²) in [6, 6.07) is 0.515. The average Bonchev–Trinajstić information content (AvgIpc) is 2.46. The Hall–Kier alpha value is -0.770. The van der Waals surface area contributed by atoms with Crippen molar-refractivity contribution in [3.63, 3.8) is 0 Å². The molecule has 0 radical (unpaired) electrons. The first kappa shape index (κ1) is 10.7. The van der Waals surface area contributed by atoms with Gasteiger partial charge in [0.1, 0.15) is 0 Å². The Morgan fingerprint density at radius 2 is 1.93 bits per heavy atom. The third-order valence-corrected chi connectivity index (χ3v) is 3.87. The minimum atomic E-state index is 0.104. The summed E-state index contributed by atoms with van der Waals surface area (Å²) in [5.74, 6) is 0. The second kappa shape index (κ2) is 3.67. The maximum absolute atomic E-state index is 12.1. The minimum absolute atomic E-state index is 0.104. The second-order valence-corrected chi connectivity index (χ2v) is 5.04. The highest BCUT2D eigenvalue weighted by Crippen LogP contribution is 2.33. The molecule has 0 atom stereocenters. The van der Waals surface area contributed by atoms with Crippen molar-refractivity contribution in [2.75, 3.05) is 26.7 Å². The van der Waals surface area contributed by atoms with Crippen LogP contribution in [0.1, 0.15) is 26.7 Å². The molecule has 2 fully saturated rings. The summed E-state index contributed by atoms with van der Waals surface area (Å²) < 4.78 is 0. The number of piperidine rings is 1. The fourth-order valence-electron chi connectivity index (χ4n) is 2.68. The van der Waals surface area contributed by atoms with Crippen LogP contribution in [-0.2, 0) is 0 Å². The molecule has 15 heavy (non-hydrogen) atoms. The summed E-state index contributed by atoms with van der Waals surface area (Å²) in [6.07, 6.45) is 2.16. The molecule has 2 aliphatic rings. The lowest BCUT2D eigenvalue weighted by molar-refractivity contribution is 0.148.